The average Bonchev–Trinajstić information content (AvgIpc) is 2.53. The summed E-state index contributed by atoms with van der Waals surface area (Å²) >= 11 is 3.86. The fourth-order valence-electron chi connectivity index (χ4n) is 1.74. The maximum Gasteiger partial charge on any atom is 0.0122 e. The summed E-state index contributed by atoms with van der Waals surface area (Å²) < 4.78 is 0. The molecule has 0 heterocycles. The molecule has 0 aliphatic heterocycles. The molecule has 0 bridgehead atoms. The lowest BCUT2D eigenvalue weighted by atomic mass is 10.2. The molecule has 120 valence electrons. The van der Waals surface area contributed by atoms with Crippen LogP contribution in [0.15, 0.2) is 58.3 Å². The molecule has 2 heteroatoms. The van der Waals surface area contributed by atoms with E-state index >= 15 is 0 Å². The van der Waals surface area contributed by atoms with Crippen molar-refractivity contribution in [3.05, 3.63) is 59.7 Å². The molecule has 2 rings (SSSR count). The first-order valence-corrected chi connectivity index (χ1v) is 10.0. The van der Waals surface area contributed by atoms with Crippen LogP contribution in [0.2, 0.25) is 0 Å². The Labute approximate surface area is 145 Å². The van der Waals surface area contributed by atoms with Gasteiger partial charge in [0.05, 0.1) is 0 Å². The molecule has 0 aromatic heterocycles. The minimum absolute atomic E-state index is 1.30. The van der Waals surface area contributed by atoms with Gasteiger partial charge in [-0.1, -0.05) is 61.0 Å². The zero-order chi connectivity index (χ0) is 16.2. The van der Waals surface area contributed by atoms with Crippen molar-refractivity contribution in [2.45, 2.75) is 50.3 Å². The van der Waals surface area contributed by atoms with Gasteiger partial charge in [0.1, 0.15) is 0 Å². The monoisotopic (exact) mass is 332 g/mol. The lowest BCUT2D eigenvalue weighted by molar-refractivity contribution is 1.07. The number of rotatable bonds is 6. The summed E-state index contributed by atoms with van der Waals surface area (Å²) in [4.78, 5) is 2.59. The minimum atomic E-state index is 1.30. The molecule has 0 radical (unpaired) electrons. The largest absolute Gasteiger partial charge is 0.162 e. The van der Waals surface area contributed by atoms with Crippen molar-refractivity contribution in [2.24, 2.45) is 0 Å². The van der Waals surface area contributed by atoms with E-state index < -0.39 is 0 Å². The van der Waals surface area contributed by atoms with E-state index in [1.54, 1.807) is 11.8 Å². The van der Waals surface area contributed by atoms with Crippen molar-refractivity contribution in [3.8, 4) is 0 Å². The van der Waals surface area contributed by atoms with Crippen LogP contribution in [0, 0.1) is 13.8 Å². The van der Waals surface area contributed by atoms with Crippen LogP contribution < -0.4 is 0 Å². The Morgan fingerprint density at radius 2 is 1.00 bits per heavy atom. The minimum Gasteiger partial charge on any atom is -0.162 e. The van der Waals surface area contributed by atoms with Crippen LogP contribution >= 0.6 is 23.5 Å². The van der Waals surface area contributed by atoms with Gasteiger partial charge in [-0.2, -0.15) is 11.8 Å². The number of hydrogen-bond acceptors (Lipinski definition) is 2. The summed E-state index contributed by atoms with van der Waals surface area (Å²) in [5.74, 6) is 2.68. The number of benzene rings is 2. The Kier molecular flexibility index (Phi) is 10.2. The van der Waals surface area contributed by atoms with E-state index in [0.29, 0.717) is 0 Å². The van der Waals surface area contributed by atoms with E-state index in [-0.39, 0.29) is 0 Å². The predicted octanol–water partition coefficient (Wildman–Crippen LogP) is 6.99. The van der Waals surface area contributed by atoms with Crippen molar-refractivity contribution in [1.29, 1.82) is 0 Å². The van der Waals surface area contributed by atoms with E-state index in [1.165, 1.54) is 45.3 Å². The Balaban J connectivity index is 0.000000295. The van der Waals surface area contributed by atoms with Crippen LogP contribution in [0.1, 0.15) is 37.8 Å². The summed E-state index contributed by atoms with van der Waals surface area (Å²) in [5, 5.41) is 0. The molecule has 22 heavy (non-hydrogen) atoms. The molecule has 0 atom stereocenters. The van der Waals surface area contributed by atoms with Gasteiger partial charge in [-0.15, -0.1) is 0 Å². The van der Waals surface area contributed by atoms with Crippen molar-refractivity contribution >= 4 is 23.5 Å². The molecule has 0 aliphatic carbocycles. The summed E-state index contributed by atoms with van der Waals surface area (Å²) in [6, 6.07) is 17.3. The molecule has 0 aliphatic rings. The van der Waals surface area contributed by atoms with Crippen LogP contribution in [0.5, 0.6) is 0 Å². The van der Waals surface area contributed by atoms with Crippen molar-refractivity contribution in [1.82, 2.24) is 0 Å². The van der Waals surface area contributed by atoms with Gasteiger partial charge in [-0.3, -0.25) is 0 Å². The number of thioether (sulfide) groups is 1. The quantitative estimate of drug-likeness (QED) is 0.523. The zero-order valence-electron chi connectivity index (χ0n) is 14.3. The predicted molar refractivity (Wildman–Crippen MR) is 104 cm³/mol. The molecule has 0 saturated carbocycles. The Morgan fingerprint density at radius 3 is 1.32 bits per heavy atom. The van der Waals surface area contributed by atoms with Gasteiger partial charge in [-0.25, -0.2) is 0 Å². The van der Waals surface area contributed by atoms with E-state index in [2.05, 4.69) is 88.0 Å². The second-order valence-electron chi connectivity index (χ2n) is 5.34. The van der Waals surface area contributed by atoms with Gasteiger partial charge in [0.2, 0.25) is 0 Å². The lowest BCUT2D eigenvalue weighted by Crippen LogP contribution is -1.76. The second kappa shape index (κ2) is 11.7. The van der Waals surface area contributed by atoms with Crippen molar-refractivity contribution < 1.29 is 0 Å². The highest BCUT2D eigenvalue weighted by atomic mass is 32.2. The van der Waals surface area contributed by atoms with Gasteiger partial charge in [0, 0.05) is 9.79 Å². The molecule has 0 spiro atoms. The van der Waals surface area contributed by atoms with Crippen molar-refractivity contribution in [2.75, 3.05) is 11.5 Å². The van der Waals surface area contributed by atoms with Gasteiger partial charge in [0.25, 0.3) is 0 Å². The van der Waals surface area contributed by atoms with Gasteiger partial charge in [-0.05, 0) is 62.5 Å². The summed E-state index contributed by atoms with van der Waals surface area (Å²) in [6.45, 7) is 8.67. The van der Waals surface area contributed by atoms with Crippen LogP contribution in [0.4, 0.5) is 0 Å². The maximum atomic E-state index is 2.22. The first-order chi connectivity index (χ1) is 10.7. The molecule has 2 aromatic rings. The van der Waals surface area contributed by atoms with E-state index in [9.17, 15) is 0 Å². The standard InChI is InChI=1S/C14H14S.C6H14S/c1-11-3-7-13(8-4-11)15-14-9-5-12(2)6-10-14;1-3-5-7-6-4-2/h3-10H,1-2H3;3-6H2,1-2H3. The maximum absolute atomic E-state index is 2.22. The SMILES string of the molecule is CCCSCCC.Cc1ccc(Sc2ccc(C)cc2)cc1. The van der Waals surface area contributed by atoms with Crippen LogP contribution in [0.25, 0.3) is 0 Å². The second-order valence-corrected chi connectivity index (χ2v) is 7.71. The molecule has 0 fully saturated rings. The smallest absolute Gasteiger partial charge is 0.0122 e. The molecule has 0 saturated heterocycles. The van der Waals surface area contributed by atoms with Crippen LogP contribution in [-0.4, -0.2) is 11.5 Å². The fourth-order valence-corrected chi connectivity index (χ4v) is 3.34. The summed E-state index contributed by atoms with van der Waals surface area (Å²) in [6.07, 6.45) is 2.65. The molecule has 2 aromatic carbocycles. The van der Waals surface area contributed by atoms with Crippen LogP contribution in [-0.2, 0) is 0 Å². The third kappa shape index (κ3) is 8.55. The average molecular weight is 333 g/mol. The molecule has 0 N–H and O–H groups in total. The summed E-state index contributed by atoms with van der Waals surface area (Å²) in [7, 11) is 0. The highest BCUT2D eigenvalue weighted by Crippen LogP contribution is 2.27. The third-order valence-electron chi connectivity index (χ3n) is 2.97. The fraction of sp³-hybridized carbons (Fsp3) is 0.400. The Bertz CT molecular complexity index is 453. The first-order valence-electron chi connectivity index (χ1n) is 8.04. The lowest BCUT2D eigenvalue weighted by Gasteiger charge is -2.02. The first kappa shape index (κ1) is 19.2. The molecular formula is C20H28S2. The molecular weight excluding hydrogens is 304 g/mol. The number of aryl methyl sites for hydroxylation is 2. The normalized spacial score (nSPS) is 10.0. The molecule has 0 nitrogen and oxygen atoms in total. The van der Waals surface area contributed by atoms with Gasteiger partial charge >= 0.3 is 0 Å². The number of hydrogen-bond donors (Lipinski definition) is 0. The van der Waals surface area contributed by atoms with E-state index in [4.69, 9.17) is 0 Å². The topological polar surface area (TPSA) is 0 Å². The highest BCUT2D eigenvalue weighted by Gasteiger charge is 1.96. The summed E-state index contributed by atoms with van der Waals surface area (Å²) in [5.41, 5.74) is 2.62. The van der Waals surface area contributed by atoms with Crippen LogP contribution in [0.3, 0.4) is 0 Å². The molecule has 0 unspecified atom stereocenters. The highest BCUT2D eigenvalue weighted by molar-refractivity contribution is 7.99. The van der Waals surface area contributed by atoms with Gasteiger partial charge in [0.15, 0.2) is 0 Å². The third-order valence-corrected chi connectivity index (χ3v) is 5.38. The zero-order valence-corrected chi connectivity index (χ0v) is 15.9. The van der Waals surface area contributed by atoms with Gasteiger partial charge < -0.3 is 0 Å². The Morgan fingerprint density at radius 1 is 0.636 bits per heavy atom. The van der Waals surface area contributed by atoms with E-state index in [0.717, 1.165) is 0 Å². The molecule has 0 amide bonds. The van der Waals surface area contributed by atoms with E-state index in [1.807, 2.05) is 0 Å². The Hall–Kier alpha value is -0.860. The van der Waals surface area contributed by atoms with Crippen molar-refractivity contribution in [3.63, 3.8) is 0 Å².